The van der Waals surface area contributed by atoms with Crippen LogP contribution in [-0.2, 0) is 20.9 Å². The Morgan fingerprint density at radius 2 is 2.00 bits per heavy atom. The highest BCUT2D eigenvalue weighted by molar-refractivity contribution is 5.96. The van der Waals surface area contributed by atoms with Crippen LogP contribution in [0.15, 0.2) is 24.3 Å². The van der Waals surface area contributed by atoms with Crippen LogP contribution in [0.25, 0.3) is 0 Å². The number of carbonyl (C=O) groups excluding carboxylic acids is 2. The van der Waals surface area contributed by atoms with Gasteiger partial charge in [0.15, 0.2) is 0 Å². The summed E-state index contributed by atoms with van der Waals surface area (Å²) >= 11 is 0. The van der Waals surface area contributed by atoms with Crippen molar-refractivity contribution in [1.82, 2.24) is 9.80 Å². The Kier molecular flexibility index (Phi) is 6.54. The minimum Gasteiger partial charge on any atom is -0.370 e. The average molecular weight is 346 g/mol. The predicted octanol–water partition coefficient (Wildman–Crippen LogP) is 1.81. The van der Waals surface area contributed by atoms with Crippen LogP contribution in [0, 0.1) is 17.7 Å². The maximum Gasteiger partial charge on any atom is 0.299 e. The summed E-state index contributed by atoms with van der Waals surface area (Å²) in [5.74, 6) is 4.25. The second kappa shape index (κ2) is 8.63. The van der Waals surface area contributed by atoms with E-state index in [1.165, 1.54) is 17.0 Å². The van der Waals surface area contributed by atoms with Gasteiger partial charge in [-0.2, -0.15) is 0 Å². The monoisotopic (exact) mass is 346 g/mol. The fraction of sp³-hybridized carbons (Fsp3) is 0.474. The van der Waals surface area contributed by atoms with Crippen LogP contribution in [0.2, 0.25) is 0 Å². The summed E-state index contributed by atoms with van der Waals surface area (Å²) in [6.07, 6.45) is -0.332. The molecule has 1 saturated heterocycles. The molecule has 0 aliphatic carbocycles. The molecule has 1 fully saturated rings. The fourth-order valence-electron chi connectivity index (χ4n) is 2.68. The maximum absolute atomic E-state index is 13.0. The lowest BCUT2D eigenvalue weighted by Crippen LogP contribution is -2.42. The summed E-state index contributed by atoms with van der Waals surface area (Å²) in [4.78, 5) is 27.7. The molecule has 5 nitrogen and oxygen atoms in total. The van der Waals surface area contributed by atoms with Crippen LogP contribution in [0.3, 0.4) is 0 Å². The van der Waals surface area contributed by atoms with E-state index in [1.807, 2.05) is 13.8 Å². The molecule has 2 amide bonds. The molecule has 2 rings (SSSR count). The normalized spacial score (nSPS) is 18.0. The maximum atomic E-state index is 13.0. The van der Waals surface area contributed by atoms with E-state index in [4.69, 9.17) is 4.74 Å². The number of nitrogens with zero attached hydrogens (tertiary/aromatic N) is 2. The van der Waals surface area contributed by atoms with Crippen molar-refractivity contribution in [3.05, 3.63) is 35.6 Å². The number of ether oxygens (including phenoxy) is 1. The van der Waals surface area contributed by atoms with Gasteiger partial charge in [0.1, 0.15) is 12.4 Å². The molecular weight excluding hydrogens is 323 g/mol. The molecule has 1 atom stereocenters. The number of halogens is 1. The zero-order valence-electron chi connectivity index (χ0n) is 14.8. The second-order valence-corrected chi connectivity index (χ2v) is 6.26. The molecule has 1 aliphatic rings. The number of rotatable bonds is 4. The van der Waals surface area contributed by atoms with Gasteiger partial charge in [-0.15, -0.1) is 0 Å². The molecule has 0 bridgehead atoms. The van der Waals surface area contributed by atoms with Crippen molar-refractivity contribution in [3.63, 3.8) is 0 Å². The summed E-state index contributed by atoms with van der Waals surface area (Å²) in [6.45, 7) is 6.43. The Morgan fingerprint density at radius 1 is 1.32 bits per heavy atom. The Balaban J connectivity index is 2.11. The van der Waals surface area contributed by atoms with E-state index in [2.05, 4.69) is 11.8 Å². The highest BCUT2D eigenvalue weighted by Gasteiger charge is 2.31. The highest BCUT2D eigenvalue weighted by Crippen LogP contribution is 2.14. The smallest absolute Gasteiger partial charge is 0.299 e. The van der Waals surface area contributed by atoms with Gasteiger partial charge in [0.2, 0.25) is 5.91 Å². The van der Waals surface area contributed by atoms with Crippen molar-refractivity contribution < 1.29 is 18.7 Å². The first-order valence-corrected chi connectivity index (χ1v) is 8.28. The molecule has 0 saturated carbocycles. The van der Waals surface area contributed by atoms with Crippen LogP contribution in [0.4, 0.5) is 4.39 Å². The minimum atomic E-state index is -0.378. The number of hydrogen-bond acceptors (Lipinski definition) is 3. The Bertz CT molecular complexity index is 676. The van der Waals surface area contributed by atoms with Gasteiger partial charge in [-0.05, 0) is 44.4 Å². The molecule has 0 radical (unpaired) electrons. The predicted molar refractivity (Wildman–Crippen MR) is 91.9 cm³/mol. The van der Waals surface area contributed by atoms with Crippen molar-refractivity contribution in [2.24, 2.45) is 0 Å². The van der Waals surface area contributed by atoms with E-state index in [1.54, 1.807) is 24.0 Å². The van der Waals surface area contributed by atoms with Crippen LogP contribution >= 0.6 is 0 Å². The molecule has 0 spiro atoms. The average Bonchev–Trinajstić information content (AvgIpc) is 2.74. The zero-order chi connectivity index (χ0) is 18.4. The molecule has 6 heteroatoms. The molecule has 1 heterocycles. The Morgan fingerprint density at radius 3 is 2.60 bits per heavy atom. The first-order chi connectivity index (χ1) is 11.9. The van der Waals surface area contributed by atoms with Crippen LogP contribution in [0.1, 0.15) is 26.3 Å². The van der Waals surface area contributed by atoms with Gasteiger partial charge in [-0.25, -0.2) is 4.39 Å². The van der Waals surface area contributed by atoms with Crippen molar-refractivity contribution in [2.45, 2.75) is 39.5 Å². The lowest BCUT2D eigenvalue weighted by atomic mass is 10.2. The standard InChI is InChI=1S/C19H23FN2O3/c1-4-5-18(23)21-10-17(11-22(14(2)3)19(24)12-21)25-13-15-6-8-16(20)9-7-15/h6-9,14,17H,10-13H2,1-3H3/t17-/m1/s1. The van der Waals surface area contributed by atoms with E-state index < -0.39 is 0 Å². The lowest BCUT2D eigenvalue weighted by molar-refractivity contribution is -0.137. The topological polar surface area (TPSA) is 49.9 Å². The highest BCUT2D eigenvalue weighted by atomic mass is 19.1. The van der Waals surface area contributed by atoms with Gasteiger partial charge < -0.3 is 14.5 Å². The third-order valence-electron chi connectivity index (χ3n) is 4.01. The number of amides is 2. The van der Waals surface area contributed by atoms with E-state index in [0.717, 1.165) is 5.56 Å². The number of hydrogen-bond donors (Lipinski definition) is 0. The van der Waals surface area contributed by atoms with E-state index >= 15 is 0 Å². The molecule has 134 valence electrons. The lowest BCUT2D eigenvalue weighted by Gasteiger charge is -2.27. The summed E-state index contributed by atoms with van der Waals surface area (Å²) in [7, 11) is 0. The van der Waals surface area contributed by atoms with E-state index in [-0.39, 0.29) is 42.9 Å². The number of benzene rings is 1. The van der Waals surface area contributed by atoms with Gasteiger partial charge in [0, 0.05) is 12.6 Å². The van der Waals surface area contributed by atoms with Gasteiger partial charge in [0.05, 0.1) is 19.3 Å². The minimum absolute atomic E-state index is 0.00208. The SMILES string of the molecule is CC#CC(=O)N1CC(=O)N(C(C)C)C[C@H](OCc2ccc(F)cc2)C1. The molecule has 0 aromatic heterocycles. The molecule has 0 N–H and O–H groups in total. The number of carbonyl (C=O) groups is 2. The van der Waals surface area contributed by atoms with E-state index in [0.29, 0.717) is 13.1 Å². The van der Waals surface area contributed by atoms with Crippen molar-refractivity contribution in [1.29, 1.82) is 0 Å². The molecule has 0 unspecified atom stereocenters. The van der Waals surface area contributed by atoms with Crippen molar-refractivity contribution in [3.8, 4) is 11.8 Å². The largest absolute Gasteiger partial charge is 0.370 e. The summed E-state index contributed by atoms with van der Waals surface area (Å²) in [5, 5.41) is 0. The fourth-order valence-corrected chi connectivity index (χ4v) is 2.68. The van der Waals surface area contributed by atoms with Crippen LogP contribution in [-0.4, -0.2) is 53.4 Å². The van der Waals surface area contributed by atoms with Gasteiger partial charge in [-0.1, -0.05) is 18.1 Å². The van der Waals surface area contributed by atoms with Crippen molar-refractivity contribution >= 4 is 11.8 Å². The first-order valence-electron chi connectivity index (χ1n) is 8.28. The second-order valence-electron chi connectivity index (χ2n) is 6.26. The summed E-state index contributed by atoms with van der Waals surface area (Å²) in [6, 6.07) is 6.08. The molecule has 1 aliphatic heterocycles. The Hall–Kier alpha value is -2.39. The molecule has 25 heavy (non-hydrogen) atoms. The third kappa shape index (κ3) is 5.30. The quantitative estimate of drug-likeness (QED) is 0.782. The summed E-state index contributed by atoms with van der Waals surface area (Å²) in [5.41, 5.74) is 0.833. The van der Waals surface area contributed by atoms with Crippen LogP contribution in [0.5, 0.6) is 0 Å². The van der Waals surface area contributed by atoms with Gasteiger partial charge in [0.25, 0.3) is 5.91 Å². The van der Waals surface area contributed by atoms with Gasteiger partial charge >= 0.3 is 0 Å². The Labute approximate surface area is 147 Å². The molecule has 1 aromatic carbocycles. The molecular formula is C19H23FN2O3. The van der Waals surface area contributed by atoms with Crippen LogP contribution < -0.4 is 0 Å². The summed E-state index contributed by atoms with van der Waals surface area (Å²) < 4.78 is 18.9. The third-order valence-corrected chi connectivity index (χ3v) is 4.01. The van der Waals surface area contributed by atoms with Crippen molar-refractivity contribution in [2.75, 3.05) is 19.6 Å². The zero-order valence-corrected chi connectivity index (χ0v) is 14.8. The first kappa shape index (κ1) is 18.9. The molecule has 1 aromatic rings. The van der Waals surface area contributed by atoms with E-state index in [9.17, 15) is 14.0 Å². The van der Waals surface area contributed by atoms with Gasteiger partial charge in [-0.3, -0.25) is 9.59 Å².